The van der Waals surface area contributed by atoms with E-state index in [4.69, 9.17) is 0 Å². The monoisotopic (exact) mass is 282 g/mol. The fourth-order valence-corrected chi connectivity index (χ4v) is 2.16. The van der Waals surface area contributed by atoms with Crippen molar-refractivity contribution in [1.29, 1.82) is 0 Å². The Morgan fingerprint density at radius 2 is 1.82 bits per heavy atom. The highest BCUT2D eigenvalue weighted by atomic mass is 35.5. The minimum atomic E-state index is -3.54. The minimum absolute atomic E-state index is 0. The summed E-state index contributed by atoms with van der Waals surface area (Å²) in [4.78, 5) is 0.0669. The lowest BCUT2D eigenvalue weighted by atomic mass is 10.3. The van der Waals surface area contributed by atoms with Crippen molar-refractivity contribution < 1.29 is 12.8 Å². The van der Waals surface area contributed by atoms with Crippen LogP contribution >= 0.6 is 12.4 Å². The summed E-state index contributed by atoms with van der Waals surface area (Å²) >= 11 is 0. The number of rotatable bonds is 5. The molecule has 98 valence electrons. The molecule has 1 unspecified atom stereocenters. The molecule has 0 aliphatic rings. The van der Waals surface area contributed by atoms with Crippen LogP contribution in [-0.2, 0) is 10.0 Å². The third kappa shape index (κ3) is 4.99. The average molecular weight is 283 g/mol. The fraction of sp³-hybridized carbons (Fsp3) is 0.400. The van der Waals surface area contributed by atoms with Crippen molar-refractivity contribution in [2.75, 3.05) is 13.6 Å². The Bertz CT molecular complexity index is 436. The van der Waals surface area contributed by atoms with Crippen LogP contribution < -0.4 is 10.0 Å². The van der Waals surface area contributed by atoms with Crippen LogP contribution in [-0.4, -0.2) is 28.1 Å². The van der Waals surface area contributed by atoms with E-state index in [2.05, 4.69) is 10.0 Å². The lowest BCUT2D eigenvalue weighted by Crippen LogP contribution is -2.37. The molecule has 17 heavy (non-hydrogen) atoms. The topological polar surface area (TPSA) is 58.2 Å². The third-order valence-corrected chi connectivity index (χ3v) is 3.64. The van der Waals surface area contributed by atoms with Crippen molar-refractivity contribution in [3.05, 3.63) is 30.1 Å². The van der Waals surface area contributed by atoms with Gasteiger partial charge in [0.2, 0.25) is 10.0 Å². The standard InChI is InChI=1S/C10H15FN2O2S.ClH/c1-8(12-2)7-13-16(14,15)10-5-3-9(11)4-6-10;/h3-6,8,12-13H,7H2,1-2H3;1H. The van der Waals surface area contributed by atoms with Crippen LogP contribution in [0.4, 0.5) is 4.39 Å². The Balaban J connectivity index is 0.00000256. The smallest absolute Gasteiger partial charge is 0.240 e. The molecule has 4 nitrogen and oxygen atoms in total. The third-order valence-electron chi connectivity index (χ3n) is 2.20. The first-order chi connectivity index (χ1) is 7.45. The normalized spacial score (nSPS) is 12.9. The van der Waals surface area contributed by atoms with E-state index in [9.17, 15) is 12.8 Å². The van der Waals surface area contributed by atoms with E-state index in [0.29, 0.717) is 0 Å². The van der Waals surface area contributed by atoms with E-state index < -0.39 is 15.8 Å². The molecule has 0 bridgehead atoms. The Morgan fingerprint density at radius 1 is 1.29 bits per heavy atom. The molecular weight excluding hydrogens is 267 g/mol. The molecule has 0 aliphatic carbocycles. The van der Waals surface area contributed by atoms with Gasteiger partial charge in [-0.25, -0.2) is 17.5 Å². The average Bonchev–Trinajstić information content (AvgIpc) is 2.26. The highest BCUT2D eigenvalue weighted by Gasteiger charge is 2.14. The molecule has 0 heterocycles. The Morgan fingerprint density at radius 3 is 2.29 bits per heavy atom. The number of likely N-dealkylation sites (N-methyl/N-ethyl adjacent to an activating group) is 1. The molecule has 1 atom stereocenters. The maximum atomic E-state index is 12.6. The zero-order valence-electron chi connectivity index (χ0n) is 9.60. The summed E-state index contributed by atoms with van der Waals surface area (Å²) < 4.78 is 38.5. The molecule has 0 aromatic heterocycles. The Hall–Kier alpha value is -0.690. The zero-order chi connectivity index (χ0) is 12.2. The molecule has 0 amide bonds. The second kappa shape index (κ2) is 6.90. The van der Waals surface area contributed by atoms with E-state index in [1.807, 2.05) is 6.92 Å². The number of benzene rings is 1. The highest BCUT2D eigenvalue weighted by Crippen LogP contribution is 2.09. The molecule has 1 aromatic carbocycles. The predicted molar refractivity (Wildman–Crippen MR) is 67.4 cm³/mol. The summed E-state index contributed by atoms with van der Waals surface area (Å²) in [6.07, 6.45) is 0. The van der Waals surface area contributed by atoms with E-state index in [1.54, 1.807) is 7.05 Å². The van der Waals surface area contributed by atoms with Crippen molar-refractivity contribution in [3.8, 4) is 0 Å². The summed E-state index contributed by atoms with van der Waals surface area (Å²) in [5.74, 6) is -0.456. The van der Waals surface area contributed by atoms with Crippen LogP contribution in [0.3, 0.4) is 0 Å². The van der Waals surface area contributed by atoms with E-state index >= 15 is 0 Å². The predicted octanol–water partition coefficient (Wildman–Crippen LogP) is 1.13. The van der Waals surface area contributed by atoms with Gasteiger partial charge in [-0.3, -0.25) is 0 Å². The largest absolute Gasteiger partial charge is 0.316 e. The number of sulfonamides is 1. The molecular formula is C10H16ClFN2O2S. The second-order valence-corrected chi connectivity index (χ2v) is 5.26. The van der Waals surface area contributed by atoms with Crippen LogP contribution in [0.1, 0.15) is 6.92 Å². The van der Waals surface area contributed by atoms with Crippen LogP contribution in [0.2, 0.25) is 0 Å². The van der Waals surface area contributed by atoms with Crippen molar-refractivity contribution in [2.45, 2.75) is 17.9 Å². The minimum Gasteiger partial charge on any atom is -0.316 e. The van der Waals surface area contributed by atoms with E-state index in [0.717, 1.165) is 12.1 Å². The Labute approximate surface area is 107 Å². The summed E-state index contributed by atoms with van der Waals surface area (Å²) in [5, 5.41) is 2.91. The Kier molecular flexibility index (Phi) is 6.62. The van der Waals surface area contributed by atoms with Gasteiger partial charge in [0, 0.05) is 12.6 Å². The fourth-order valence-electron chi connectivity index (χ4n) is 1.03. The number of hydrogen-bond donors (Lipinski definition) is 2. The van der Waals surface area contributed by atoms with Gasteiger partial charge in [-0.15, -0.1) is 12.4 Å². The summed E-state index contributed by atoms with van der Waals surface area (Å²) in [5.41, 5.74) is 0. The molecule has 0 spiro atoms. The summed E-state index contributed by atoms with van der Waals surface area (Å²) in [6.45, 7) is 2.14. The van der Waals surface area contributed by atoms with Crippen molar-refractivity contribution in [2.24, 2.45) is 0 Å². The summed E-state index contributed by atoms with van der Waals surface area (Å²) in [7, 11) is -1.79. The van der Waals surface area contributed by atoms with E-state index in [1.165, 1.54) is 12.1 Å². The van der Waals surface area contributed by atoms with E-state index in [-0.39, 0.29) is 29.9 Å². The first-order valence-corrected chi connectivity index (χ1v) is 6.36. The van der Waals surface area contributed by atoms with Crippen LogP contribution in [0.25, 0.3) is 0 Å². The highest BCUT2D eigenvalue weighted by molar-refractivity contribution is 7.89. The zero-order valence-corrected chi connectivity index (χ0v) is 11.2. The molecule has 0 aliphatic heterocycles. The maximum Gasteiger partial charge on any atom is 0.240 e. The van der Waals surface area contributed by atoms with Gasteiger partial charge in [0.1, 0.15) is 5.82 Å². The second-order valence-electron chi connectivity index (χ2n) is 3.50. The lowest BCUT2D eigenvalue weighted by molar-refractivity contribution is 0.554. The molecule has 0 radical (unpaired) electrons. The quantitative estimate of drug-likeness (QED) is 0.851. The molecule has 1 aromatic rings. The molecule has 0 saturated carbocycles. The molecule has 7 heteroatoms. The molecule has 0 fully saturated rings. The number of hydrogen-bond acceptors (Lipinski definition) is 3. The van der Waals surface area contributed by atoms with Gasteiger partial charge in [0.05, 0.1) is 4.90 Å². The van der Waals surface area contributed by atoms with Gasteiger partial charge in [-0.1, -0.05) is 0 Å². The number of nitrogens with one attached hydrogen (secondary N) is 2. The van der Waals surface area contributed by atoms with Crippen LogP contribution in [0.5, 0.6) is 0 Å². The van der Waals surface area contributed by atoms with Gasteiger partial charge in [-0.05, 0) is 38.2 Å². The van der Waals surface area contributed by atoms with Crippen molar-refractivity contribution in [3.63, 3.8) is 0 Å². The molecule has 0 saturated heterocycles. The van der Waals surface area contributed by atoms with Gasteiger partial charge in [-0.2, -0.15) is 0 Å². The van der Waals surface area contributed by atoms with Crippen LogP contribution in [0, 0.1) is 5.82 Å². The van der Waals surface area contributed by atoms with Gasteiger partial charge in [0.15, 0.2) is 0 Å². The van der Waals surface area contributed by atoms with Gasteiger partial charge < -0.3 is 5.32 Å². The number of halogens is 2. The first-order valence-electron chi connectivity index (χ1n) is 4.88. The van der Waals surface area contributed by atoms with Gasteiger partial charge in [0.25, 0.3) is 0 Å². The van der Waals surface area contributed by atoms with Crippen molar-refractivity contribution in [1.82, 2.24) is 10.0 Å². The van der Waals surface area contributed by atoms with Crippen molar-refractivity contribution >= 4 is 22.4 Å². The van der Waals surface area contributed by atoms with Crippen LogP contribution in [0.15, 0.2) is 29.2 Å². The maximum absolute atomic E-state index is 12.6. The SMILES string of the molecule is CNC(C)CNS(=O)(=O)c1ccc(F)cc1.Cl. The molecule has 1 rings (SSSR count). The first kappa shape index (κ1) is 16.3. The summed E-state index contributed by atoms with van der Waals surface area (Å²) in [6, 6.07) is 4.76. The lowest BCUT2D eigenvalue weighted by Gasteiger charge is -2.11. The van der Waals surface area contributed by atoms with Gasteiger partial charge >= 0.3 is 0 Å². The molecule has 2 N–H and O–H groups in total.